The molecule has 5 nitrogen and oxygen atoms in total. The lowest BCUT2D eigenvalue weighted by molar-refractivity contribution is 0.241. The molecule has 0 aromatic carbocycles. The second-order valence-corrected chi connectivity index (χ2v) is 1.68. The number of rotatable bonds is 0. The highest BCUT2D eigenvalue weighted by Gasteiger charge is 1.95. The molecule has 0 saturated heterocycles. The van der Waals surface area contributed by atoms with Gasteiger partial charge in [-0.25, -0.2) is 16.5 Å². The standard InChI is InChI=1S/C3H6.CH6N4O.ClH/c1-2-3-1;2-4-1(6)5-3;/h1-3H2;2-3H2,(H2,4,5,6);1H. The molecule has 0 aromatic heterocycles. The molecule has 0 bridgehead atoms. The topological polar surface area (TPSA) is 93.2 Å². The third kappa shape index (κ3) is 15.6. The summed E-state index contributed by atoms with van der Waals surface area (Å²) < 4.78 is 0. The lowest BCUT2D eigenvalue weighted by Crippen LogP contribution is -2.43. The van der Waals surface area contributed by atoms with Crippen LogP contribution in [0.5, 0.6) is 0 Å². The summed E-state index contributed by atoms with van der Waals surface area (Å²) in [5.41, 5.74) is 3.48. The largest absolute Gasteiger partial charge is 0.343 e. The van der Waals surface area contributed by atoms with Gasteiger partial charge in [-0.05, 0) is 0 Å². The third-order valence-corrected chi connectivity index (χ3v) is 0.616. The van der Waals surface area contributed by atoms with Gasteiger partial charge in [-0.1, -0.05) is 19.3 Å². The van der Waals surface area contributed by atoms with E-state index < -0.39 is 6.03 Å². The fraction of sp³-hybridized carbons (Fsp3) is 0.750. The van der Waals surface area contributed by atoms with Crippen LogP contribution in [0, 0.1) is 0 Å². The lowest BCUT2D eigenvalue weighted by Gasteiger charge is -1.90. The van der Waals surface area contributed by atoms with Gasteiger partial charge < -0.3 is 0 Å². The molecule has 2 amide bonds. The highest BCUT2D eigenvalue weighted by molar-refractivity contribution is 5.85. The average Bonchev–Trinajstić information content (AvgIpc) is 2.70. The number of nitrogens with two attached hydrogens (primary N) is 2. The average molecular weight is 169 g/mol. The molecule has 1 aliphatic carbocycles. The Morgan fingerprint density at radius 3 is 1.40 bits per heavy atom. The van der Waals surface area contributed by atoms with Crippen LogP contribution in [-0.4, -0.2) is 6.03 Å². The molecule has 62 valence electrons. The summed E-state index contributed by atoms with van der Waals surface area (Å²) in [6, 6.07) is -0.602. The summed E-state index contributed by atoms with van der Waals surface area (Å²) >= 11 is 0. The minimum atomic E-state index is -0.602. The van der Waals surface area contributed by atoms with E-state index in [1.165, 1.54) is 19.3 Å². The Kier molecular flexibility index (Phi) is 10.3. The van der Waals surface area contributed by atoms with Crippen molar-refractivity contribution in [1.82, 2.24) is 10.9 Å². The van der Waals surface area contributed by atoms with Crippen molar-refractivity contribution in [2.75, 3.05) is 0 Å². The first-order valence-corrected chi connectivity index (χ1v) is 2.78. The molecule has 1 rings (SSSR count). The van der Waals surface area contributed by atoms with Crippen molar-refractivity contribution >= 4 is 18.4 Å². The van der Waals surface area contributed by atoms with Gasteiger partial charge >= 0.3 is 6.03 Å². The molecule has 0 aliphatic heterocycles. The summed E-state index contributed by atoms with van der Waals surface area (Å²) in [5.74, 6) is 9.08. The zero-order valence-corrected chi connectivity index (χ0v) is 6.41. The van der Waals surface area contributed by atoms with Crippen LogP contribution in [0.2, 0.25) is 0 Å². The van der Waals surface area contributed by atoms with Gasteiger partial charge in [0.25, 0.3) is 0 Å². The normalized spacial score (nSPS) is 11.4. The SMILES string of the molecule is C1CC1.Cl.NNC(=O)NN. The molecule has 0 heterocycles. The van der Waals surface area contributed by atoms with E-state index in [9.17, 15) is 4.79 Å². The van der Waals surface area contributed by atoms with Crippen molar-refractivity contribution in [3.63, 3.8) is 0 Å². The monoisotopic (exact) mass is 168 g/mol. The van der Waals surface area contributed by atoms with Crippen molar-refractivity contribution in [2.24, 2.45) is 11.7 Å². The maximum absolute atomic E-state index is 9.71. The molecule has 0 atom stereocenters. The zero-order valence-electron chi connectivity index (χ0n) is 5.59. The Morgan fingerprint density at radius 1 is 1.10 bits per heavy atom. The Labute approximate surface area is 65.9 Å². The zero-order chi connectivity index (χ0) is 7.11. The van der Waals surface area contributed by atoms with Crippen LogP contribution in [-0.2, 0) is 0 Å². The van der Waals surface area contributed by atoms with Gasteiger partial charge in [0.05, 0.1) is 0 Å². The highest BCUT2D eigenvalue weighted by Crippen LogP contribution is 2.14. The summed E-state index contributed by atoms with van der Waals surface area (Å²) in [7, 11) is 0. The number of amides is 2. The Hall–Kier alpha value is -0.520. The second-order valence-electron chi connectivity index (χ2n) is 1.68. The smallest absolute Gasteiger partial charge is 0.275 e. The Morgan fingerprint density at radius 2 is 1.40 bits per heavy atom. The molecule has 0 unspecified atom stereocenters. The Balaban J connectivity index is 0. The van der Waals surface area contributed by atoms with Crippen LogP contribution >= 0.6 is 12.4 Å². The maximum atomic E-state index is 9.71. The van der Waals surface area contributed by atoms with Crippen molar-refractivity contribution in [3.05, 3.63) is 0 Å². The molecule has 1 saturated carbocycles. The van der Waals surface area contributed by atoms with Crippen molar-refractivity contribution in [2.45, 2.75) is 19.3 Å². The highest BCUT2D eigenvalue weighted by atomic mass is 35.5. The minimum Gasteiger partial charge on any atom is -0.275 e. The lowest BCUT2D eigenvalue weighted by atomic mass is 11.0. The van der Waals surface area contributed by atoms with Gasteiger partial charge in [-0.15, -0.1) is 12.4 Å². The van der Waals surface area contributed by atoms with E-state index >= 15 is 0 Å². The number of nitrogens with one attached hydrogen (secondary N) is 2. The molecule has 0 aromatic rings. The van der Waals surface area contributed by atoms with Crippen LogP contribution in [0.4, 0.5) is 4.79 Å². The number of hydrogen-bond acceptors (Lipinski definition) is 3. The van der Waals surface area contributed by atoms with E-state index in [-0.39, 0.29) is 12.4 Å². The molecule has 1 aliphatic rings. The van der Waals surface area contributed by atoms with Crippen LogP contribution in [0.1, 0.15) is 19.3 Å². The van der Waals surface area contributed by atoms with Gasteiger partial charge in [0, 0.05) is 0 Å². The van der Waals surface area contributed by atoms with Gasteiger partial charge in [0.15, 0.2) is 0 Å². The molecule has 10 heavy (non-hydrogen) atoms. The van der Waals surface area contributed by atoms with E-state index in [2.05, 4.69) is 11.7 Å². The fourth-order valence-electron chi connectivity index (χ4n) is 0.0417. The predicted octanol–water partition coefficient (Wildman–Crippen LogP) is -0.375. The first kappa shape index (κ1) is 12.2. The first-order chi connectivity index (χ1) is 4.31. The van der Waals surface area contributed by atoms with E-state index in [1.54, 1.807) is 10.9 Å². The number of hydrazine groups is 2. The van der Waals surface area contributed by atoms with Crippen LogP contribution < -0.4 is 22.5 Å². The van der Waals surface area contributed by atoms with Crippen LogP contribution in [0.25, 0.3) is 0 Å². The van der Waals surface area contributed by atoms with Crippen LogP contribution in [0.15, 0.2) is 0 Å². The molecule has 1 fully saturated rings. The van der Waals surface area contributed by atoms with Gasteiger partial charge in [-0.3, -0.25) is 10.9 Å². The number of carbonyl (C=O) groups excluding carboxylic acids is 1. The van der Waals surface area contributed by atoms with Crippen LogP contribution in [0.3, 0.4) is 0 Å². The number of urea groups is 1. The van der Waals surface area contributed by atoms with Gasteiger partial charge in [-0.2, -0.15) is 0 Å². The van der Waals surface area contributed by atoms with E-state index in [4.69, 9.17) is 0 Å². The van der Waals surface area contributed by atoms with Crippen molar-refractivity contribution in [1.29, 1.82) is 0 Å². The van der Waals surface area contributed by atoms with Gasteiger partial charge in [0.2, 0.25) is 0 Å². The van der Waals surface area contributed by atoms with E-state index in [0.29, 0.717) is 0 Å². The maximum Gasteiger partial charge on any atom is 0.343 e. The minimum absolute atomic E-state index is 0. The van der Waals surface area contributed by atoms with E-state index in [0.717, 1.165) is 0 Å². The fourth-order valence-corrected chi connectivity index (χ4v) is 0.0417. The summed E-state index contributed by atoms with van der Waals surface area (Å²) in [5, 5.41) is 0. The second kappa shape index (κ2) is 8.48. The molecule has 6 N–H and O–H groups in total. The van der Waals surface area contributed by atoms with Gasteiger partial charge in [0.1, 0.15) is 0 Å². The molecule has 6 heteroatoms. The number of carbonyl (C=O) groups is 1. The molecular weight excluding hydrogens is 156 g/mol. The number of halogens is 1. The predicted molar refractivity (Wildman–Crippen MR) is 41.1 cm³/mol. The Bertz CT molecular complexity index is 78.6. The third-order valence-electron chi connectivity index (χ3n) is 0.616. The van der Waals surface area contributed by atoms with Crippen molar-refractivity contribution in [3.8, 4) is 0 Å². The summed E-state index contributed by atoms with van der Waals surface area (Å²) in [6.45, 7) is 0. The first-order valence-electron chi connectivity index (χ1n) is 2.78. The van der Waals surface area contributed by atoms with Crippen molar-refractivity contribution < 1.29 is 4.79 Å². The number of hydrogen-bond donors (Lipinski definition) is 4. The quantitative estimate of drug-likeness (QED) is 0.226. The summed E-state index contributed by atoms with van der Waals surface area (Å²) in [6.07, 6.45) is 4.50. The molecular formula is C4H13ClN4O. The molecule has 0 radical (unpaired) electrons. The van der Waals surface area contributed by atoms with E-state index in [1.807, 2.05) is 0 Å². The summed E-state index contributed by atoms with van der Waals surface area (Å²) in [4.78, 5) is 9.71. The molecule has 0 spiro atoms.